The first-order valence-electron chi connectivity index (χ1n) is 11.2. The van der Waals surface area contributed by atoms with Crippen LogP contribution in [0, 0.1) is 0 Å². The molecule has 1 rings (SSSR count). The van der Waals surface area contributed by atoms with Gasteiger partial charge < -0.3 is 20.1 Å². The van der Waals surface area contributed by atoms with Gasteiger partial charge in [-0.25, -0.2) is 0 Å². The van der Waals surface area contributed by atoms with E-state index in [9.17, 15) is 15.3 Å². The summed E-state index contributed by atoms with van der Waals surface area (Å²) >= 11 is 0. The monoisotopic (exact) mass is 385 g/mol. The van der Waals surface area contributed by atoms with E-state index in [1.54, 1.807) is 0 Å². The Labute approximate surface area is 166 Å². The van der Waals surface area contributed by atoms with Gasteiger partial charge in [-0.05, 0) is 13.3 Å². The summed E-state index contributed by atoms with van der Waals surface area (Å²) in [7, 11) is 0. The standard InChI is InChI=1S/C22H43NO4/c1-3-4-5-6-7-8-9-10-11-12-13-14-15-23-18(2)16-20-22(26)21(25)19(24)17-27-20/h19-22,24-26H,3-17H2,1-2H3/b23-18+/t19-,20+,21+,22+/m1/s1. The Hall–Kier alpha value is -0.490. The predicted molar refractivity (Wildman–Crippen MR) is 111 cm³/mol. The maximum atomic E-state index is 9.95. The van der Waals surface area contributed by atoms with Gasteiger partial charge in [-0.3, -0.25) is 4.99 Å². The molecule has 5 nitrogen and oxygen atoms in total. The second kappa shape index (κ2) is 15.4. The van der Waals surface area contributed by atoms with Crippen LogP contribution in [0.3, 0.4) is 0 Å². The van der Waals surface area contributed by atoms with E-state index in [-0.39, 0.29) is 6.61 Å². The number of hydrogen-bond acceptors (Lipinski definition) is 5. The van der Waals surface area contributed by atoms with Crippen molar-refractivity contribution in [2.45, 2.75) is 122 Å². The summed E-state index contributed by atoms with van der Waals surface area (Å²) in [5.74, 6) is 0. The maximum Gasteiger partial charge on any atom is 0.111 e. The lowest BCUT2D eigenvalue weighted by Crippen LogP contribution is -2.53. The number of unbranched alkanes of at least 4 members (excludes halogenated alkanes) is 11. The number of ether oxygens (including phenoxy) is 1. The van der Waals surface area contributed by atoms with Crippen molar-refractivity contribution in [2.24, 2.45) is 4.99 Å². The van der Waals surface area contributed by atoms with Crippen LogP contribution in [0.2, 0.25) is 0 Å². The molecular formula is C22H43NO4. The van der Waals surface area contributed by atoms with Gasteiger partial charge in [0.1, 0.15) is 18.3 Å². The second-order valence-electron chi connectivity index (χ2n) is 8.13. The summed E-state index contributed by atoms with van der Waals surface area (Å²) in [5.41, 5.74) is 0.936. The molecule has 5 heteroatoms. The van der Waals surface area contributed by atoms with E-state index in [4.69, 9.17) is 4.74 Å². The molecule has 27 heavy (non-hydrogen) atoms. The van der Waals surface area contributed by atoms with Gasteiger partial charge >= 0.3 is 0 Å². The molecule has 1 heterocycles. The Balaban J connectivity index is 1.96. The summed E-state index contributed by atoms with van der Waals surface area (Å²) in [6.45, 7) is 5.08. The van der Waals surface area contributed by atoms with Crippen molar-refractivity contribution in [1.82, 2.24) is 0 Å². The smallest absolute Gasteiger partial charge is 0.111 e. The van der Waals surface area contributed by atoms with Crippen LogP contribution in [-0.2, 0) is 4.74 Å². The van der Waals surface area contributed by atoms with Gasteiger partial charge in [0.25, 0.3) is 0 Å². The zero-order valence-electron chi connectivity index (χ0n) is 17.6. The lowest BCUT2D eigenvalue weighted by molar-refractivity contribution is -0.184. The third-order valence-corrected chi connectivity index (χ3v) is 5.50. The van der Waals surface area contributed by atoms with Crippen LogP contribution in [-0.4, -0.2) is 58.6 Å². The fraction of sp³-hybridized carbons (Fsp3) is 0.955. The largest absolute Gasteiger partial charge is 0.388 e. The Bertz CT molecular complexity index is 389. The van der Waals surface area contributed by atoms with Crippen molar-refractivity contribution in [2.75, 3.05) is 13.2 Å². The quantitative estimate of drug-likeness (QED) is 0.294. The highest BCUT2D eigenvalue weighted by Gasteiger charge is 2.37. The van der Waals surface area contributed by atoms with Gasteiger partial charge in [0.2, 0.25) is 0 Å². The molecule has 0 aromatic rings. The molecule has 0 aliphatic carbocycles. The van der Waals surface area contributed by atoms with Crippen molar-refractivity contribution in [3.63, 3.8) is 0 Å². The van der Waals surface area contributed by atoms with Gasteiger partial charge in [-0.2, -0.15) is 0 Å². The molecule has 160 valence electrons. The SMILES string of the molecule is CCCCCCCCCCCCCC/N=C(\C)C[C@@H]1OC[C@@H](O)[C@H](O)[C@H]1O. The number of aliphatic hydroxyl groups excluding tert-OH is 3. The van der Waals surface area contributed by atoms with Crippen LogP contribution in [0.1, 0.15) is 97.3 Å². The van der Waals surface area contributed by atoms with Crippen LogP contribution in [0.15, 0.2) is 4.99 Å². The number of aliphatic hydroxyl groups is 3. The molecular weight excluding hydrogens is 342 g/mol. The number of rotatable bonds is 15. The molecule has 1 fully saturated rings. The van der Waals surface area contributed by atoms with Gasteiger partial charge in [0, 0.05) is 18.7 Å². The van der Waals surface area contributed by atoms with Crippen molar-refractivity contribution in [3.05, 3.63) is 0 Å². The molecule has 0 aromatic carbocycles. The van der Waals surface area contributed by atoms with Crippen LogP contribution in [0.25, 0.3) is 0 Å². The van der Waals surface area contributed by atoms with Gasteiger partial charge in [-0.1, -0.05) is 77.6 Å². The highest BCUT2D eigenvalue weighted by molar-refractivity contribution is 5.82. The van der Waals surface area contributed by atoms with Gasteiger partial charge in [-0.15, -0.1) is 0 Å². The van der Waals surface area contributed by atoms with E-state index in [1.165, 1.54) is 70.6 Å². The Morgan fingerprint density at radius 2 is 1.33 bits per heavy atom. The minimum atomic E-state index is -1.13. The third kappa shape index (κ3) is 11.2. The summed E-state index contributed by atoms with van der Waals surface area (Å²) in [5, 5.41) is 29.1. The Morgan fingerprint density at radius 1 is 0.815 bits per heavy atom. The first-order chi connectivity index (χ1) is 13.1. The number of hydrogen-bond donors (Lipinski definition) is 3. The highest BCUT2D eigenvalue weighted by atomic mass is 16.5. The molecule has 0 amide bonds. The lowest BCUT2D eigenvalue weighted by Gasteiger charge is -2.35. The van der Waals surface area contributed by atoms with E-state index >= 15 is 0 Å². The van der Waals surface area contributed by atoms with E-state index in [1.807, 2.05) is 6.92 Å². The average Bonchev–Trinajstić information content (AvgIpc) is 2.66. The number of aliphatic imine (C=N–C) groups is 1. The topological polar surface area (TPSA) is 82.3 Å². The average molecular weight is 386 g/mol. The summed E-state index contributed by atoms with van der Waals surface area (Å²) in [6.07, 6.45) is 12.9. The van der Waals surface area contributed by atoms with Crippen molar-refractivity contribution >= 4 is 5.71 Å². The molecule has 3 N–H and O–H groups in total. The van der Waals surface area contributed by atoms with E-state index in [0.717, 1.165) is 18.7 Å². The Kier molecular flexibility index (Phi) is 14.0. The summed E-state index contributed by atoms with van der Waals surface area (Å²) < 4.78 is 5.42. The maximum absolute atomic E-state index is 9.95. The molecule has 0 spiro atoms. The van der Waals surface area contributed by atoms with Gasteiger partial charge in [0.05, 0.1) is 12.7 Å². The second-order valence-corrected chi connectivity index (χ2v) is 8.13. The zero-order chi connectivity index (χ0) is 19.9. The van der Waals surface area contributed by atoms with E-state index in [2.05, 4.69) is 11.9 Å². The first kappa shape index (κ1) is 24.5. The van der Waals surface area contributed by atoms with Crippen molar-refractivity contribution in [3.8, 4) is 0 Å². The number of nitrogens with zero attached hydrogens (tertiary/aromatic N) is 1. The molecule has 0 aromatic heterocycles. The third-order valence-electron chi connectivity index (χ3n) is 5.50. The minimum Gasteiger partial charge on any atom is -0.388 e. The molecule has 0 bridgehead atoms. The molecule has 4 atom stereocenters. The van der Waals surface area contributed by atoms with Crippen molar-refractivity contribution < 1.29 is 20.1 Å². The first-order valence-corrected chi connectivity index (χ1v) is 11.2. The molecule has 1 aliphatic heterocycles. The van der Waals surface area contributed by atoms with Crippen molar-refractivity contribution in [1.29, 1.82) is 0 Å². The molecule has 1 saturated heterocycles. The zero-order valence-corrected chi connectivity index (χ0v) is 17.6. The predicted octanol–water partition coefficient (Wildman–Crippen LogP) is 4.02. The molecule has 1 aliphatic rings. The molecule has 0 saturated carbocycles. The highest BCUT2D eigenvalue weighted by Crippen LogP contribution is 2.18. The minimum absolute atomic E-state index is 0.0644. The fourth-order valence-electron chi connectivity index (χ4n) is 3.62. The van der Waals surface area contributed by atoms with Crippen LogP contribution >= 0.6 is 0 Å². The lowest BCUT2D eigenvalue weighted by atomic mass is 9.96. The van der Waals surface area contributed by atoms with E-state index in [0.29, 0.717) is 6.42 Å². The molecule has 0 unspecified atom stereocenters. The fourth-order valence-corrected chi connectivity index (χ4v) is 3.62. The molecule has 0 radical (unpaired) electrons. The normalized spacial score (nSPS) is 26.5. The van der Waals surface area contributed by atoms with Crippen LogP contribution in [0.5, 0.6) is 0 Å². The van der Waals surface area contributed by atoms with Crippen LogP contribution in [0.4, 0.5) is 0 Å². The van der Waals surface area contributed by atoms with E-state index < -0.39 is 24.4 Å². The van der Waals surface area contributed by atoms with Crippen LogP contribution < -0.4 is 0 Å². The summed E-state index contributed by atoms with van der Waals surface area (Å²) in [4.78, 5) is 4.56. The van der Waals surface area contributed by atoms with Gasteiger partial charge in [0.15, 0.2) is 0 Å². The Morgan fingerprint density at radius 3 is 1.89 bits per heavy atom. The summed E-state index contributed by atoms with van der Waals surface area (Å²) in [6, 6.07) is 0.